The van der Waals surface area contributed by atoms with Crippen molar-refractivity contribution in [1.82, 2.24) is 9.80 Å². The van der Waals surface area contributed by atoms with E-state index in [0.29, 0.717) is 35.2 Å². The fourth-order valence-electron chi connectivity index (χ4n) is 4.41. The molecule has 3 aromatic rings. The number of rotatable bonds is 9. The lowest BCUT2D eigenvalue weighted by atomic mass is 10.00. The molecule has 1 aliphatic heterocycles. The van der Waals surface area contributed by atoms with Crippen LogP contribution < -0.4 is 9.47 Å². The number of thiophene rings is 1. The zero-order valence-electron chi connectivity index (χ0n) is 20.8. The molecule has 6 nitrogen and oxygen atoms in total. The van der Waals surface area contributed by atoms with Gasteiger partial charge in [0.2, 0.25) is 5.91 Å². The van der Waals surface area contributed by atoms with Crippen LogP contribution in [-0.4, -0.2) is 54.5 Å². The van der Waals surface area contributed by atoms with E-state index in [9.17, 15) is 9.59 Å². The molecular weight excluding hydrogens is 496 g/mol. The van der Waals surface area contributed by atoms with Gasteiger partial charge < -0.3 is 19.3 Å². The SMILES string of the molecule is CC[C@H](C)N(CC(=O)N1CCc2sccc2[C@@H]1COc1cccc(OC)c1)C(=O)c1cccc(Cl)c1. The highest BCUT2D eigenvalue weighted by molar-refractivity contribution is 7.10. The van der Waals surface area contributed by atoms with Gasteiger partial charge in [-0.05, 0) is 67.1 Å². The second kappa shape index (κ2) is 11.8. The van der Waals surface area contributed by atoms with E-state index < -0.39 is 0 Å². The molecule has 0 bridgehead atoms. The molecular formula is C28H31ClN2O4S. The number of nitrogens with zero attached hydrogens (tertiary/aromatic N) is 2. The van der Waals surface area contributed by atoms with Gasteiger partial charge >= 0.3 is 0 Å². The highest BCUT2D eigenvalue weighted by Gasteiger charge is 2.34. The van der Waals surface area contributed by atoms with Crippen LogP contribution in [0.15, 0.2) is 60.0 Å². The second-order valence-electron chi connectivity index (χ2n) is 8.84. The predicted octanol–water partition coefficient (Wildman–Crippen LogP) is 5.86. The second-order valence-corrected chi connectivity index (χ2v) is 10.3. The summed E-state index contributed by atoms with van der Waals surface area (Å²) in [7, 11) is 1.62. The van der Waals surface area contributed by atoms with Crippen molar-refractivity contribution in [3.05, 3.63) is 81.0 Å². The third-order valence-corrected chi connectivity index (χ3v) is 7.86. The summed E-state index contributed by atoms with van der Waals surface area (Å²) >= 11 is 7.83. The molecule has 0 spiro atoms. The molecule has 0 unspecified atom stereocenters. The summed E-state index contributed by atoms with van der Waals surface area (Å²) in [5, 5.41) is 2.55. The molecule has 4 rings (SSSR count). The Bertz CT molecular complexity index is 1210. The largest absolute Gasteiger partial charge is 0.497 e. The lowest BCUT2D eigenvalue weighted by Crippen LogP contribution is -2.49. The molecule has 0 N–H and O–H groups in total. The third kappa shape index (κ3) is 5.85. The molecule has 2 amide bonds. The Hall–Kier alpha value is -3.03. The topological polar surface area (TPSA) is 59.1 Å². The predicted molar refractivity (Wildman–Crippen MR) is 143 cm³/mol. The average molecular weight is 527 g/mol. The van der Waals surface area contributed by atoms with E-state index in [4.69, 9.17) is 21.1 Å². The maximum Gasteiger partial charge on any atom is 0.254 e. The number of fused-ring (bicyclic) bond motifs is 1. The highest BCUT2D eigenvalue weighted by Crippen LogP contribution is 2.34. The van der Waals surface area contributed by atoms with Gasteiger partial charge in [-0.15, -0.1) is 11.3 Å². The zero-order chi connectivity index (χ0) is 25.7. The summed E-state index contributed by atoms with van der Waals surface area (Å²) in [5.74, 6) is 1.10. The number of carbonyl (C=O) groups excluding carboxylic acids is 2. The van der Waals surface area contributed by atoms with E-state index in [1.165, 1.54) is 4.88 Å². The Balaban J connectivity index is 1.55. The monoisotopic (exact) mass is 526 g/mol. The summed E-state index contributed by atoms with van der Waals surface area (Å²) in [6.07, 6.45) is 1.52. The number of hydrogen-bond acceptors (Lipinski definition) is 5. The van der Waals surface area contributed by atoms with Gasteiger partial charge in [0.05, 0.1) is 13.2 Å². The number of halogens is 1. The molecule has 0 saturated heterocycles. The van der Waals surface area contributed by atoms with E-state index in [0.717, 1.165) is 18.4 Å². The minimum absolute atomic E-state index is 0.00448. The highest BCUT2D eigenvalue weighted by atomic mass is 35.5. The summed E-state index contributed by atoms with van der Waals surface area (Å²) < 4.78 is 11.4. The summed E-state index contributed by atoms with van der Waals surface area (Å²) in [6.45, 7) is 4.87. The molecule has 36 heavy (non-hydrogen) atoms. The number of hydrogen-bond donors (Lipinski definition) is 0. The zero-order valence-corrected chi connectivity index (χ0v) is 22.3. The lowest BCUT2D eigenvalue weighted by molar-refractivity contribution is -0.136. The molecule has 1 aliphatic rings. The molecule has 0 saturated carbocycles. The van der Waals surface area contributed by atoms with Gasteiger partial charge in [0.25, 0.3) is 5.91 Å². The number of benzene rings is 2. The van der Waals surface area contributed by atoms with Gasteiger partial charge in [-0.25, -0.2) is 0 Å². The number of ether oxygens (including phenoxy) is 2. The normalized spacial score (nSPS) is 15.7. The molecule has 2 atom stereocenters. The van der Waals surface area contributed by atoms with Crippen molar-refractivity contribution in [2.75, 3.05) is 26.8 Å². The molecule has 1 aromatic heterocycles. The Kier molecular flexibility index (Phi) is 8.54. The Morgan fingerprint density at radius 3 is 2.69 bits per heavy atom. The minimum atomic E-state index is -0.237. The number of amides is 2. The van der Waals surface area contributed by atoms with Crippen LogP contribution in [0.5, 0.6) is 11.5 Å². The smallest absolute Gasteiger partial charge is 0.254 e. The number of methoxy groups -OCH3 is 1. The van der Waals surface area contributed by atoms with Crippen molar-refractivity contribution < 1.29 is 19.1 Å². The fraction of sp³-hybridized carbons (Fsp3) is 0.357. The minimum Gasteiger partial charge on any atom is -0.497 e. The first-order valence-electron chi connectivity index (χ1n) is 12.1. The van der Waals surface area contributed by atoms with Crippen molar-refractivity contribution in [3.63, 3.8) is 0 Å². The molecule has 0 radical (unpaired) electrons. The Morgan fingerprint density at radius 2 is 1.94 bits per heavy atom. The first-order valence-corrected chi connectivity index (χ1v) is 13.4. The standard InChI is InChI=1S/C28H31ClN2O4S/c1-4-19(2)31(28(33)20-7-5-8-21(29)15-20)17-27(32)30-13-11-26-24(12-14-36-26)25(30)18-35-23-10-6-9-22(16-23)34-3/h5-10,12,14-16,19,25H,4,11,13,17-18H2,1-3H3/t19-,25-/m0/s1. The van der Waals surface area contributed by atoms with Crippen LogP contribution in [0, 0.1) is 0 Å². The van der Waals surface area contributed by atoms with Crippen LogP contribution in [-0.2, 0) is 11.2 Å². The molecule has 0 aliphatic carbocycles. The van der Waals surface area contributed by atoms with Gasteiger partial charge in [0.1, 0.15) is 24.7 Å². The summed E-state index contributed by atoms with van der Waals surface area (Å²) in [4.78, 5) is 31.9. The van der Waals surface area contributed by atoms with E-state index in [1.54, 1.807) is 47.6 Å². The molecule has 0 fully saturated rings. The van der Waals surface area contributed by atoms with Crippen LogP contribution in [0.2, 0.25) is 5.02 Å². The van der Waals surface area contributed by atoms with Crippen LogP contribution in [0.4, 0.5) is 0 Å². The van der Waals surface area contributed by atoms with Crippen molar-refractivity contribution in [1.29, 1.82) is 0 Å². The molecule has 2 heterocycles. The van der Waals surface area contributed by atoms with Crippen molar-refractivity contribution in [3.8, 4) is 11.5 Å². The summed E-state index contributed by atoms with van der Waals surface area (Å²) in [6, 6.07) is 16.0. The van der Waals surface area contributed by atoms with Gasteiger partial charge in [-0.2, -0.15) is 0 Å². The van der Waals surface area contributed by atoms with Gasteiger partial charge in [0, 0.05) is 34.1 Å². The quantitative estimate of drug-likeness (QED) is 0.350. The average Bonchev–Trinajstić information content (AvgIpc) is 3.38. The Morgan fingerprint density at radius 1 is 1.17 bits per heavy atom. The van der Waals surface area contributed by atoms with Crippen molar-refractivity contribution >= 4 is 34.8 Å². The first-order chi connectivity index (χ1) is 17.4. The van der Waals surface area contributed by atoms with Gasteiger partial charge in [0.15, 0.2) is 0 Å². The maximum absolute atomic E-state index is 13.7. The van der Waals surface area contributed by atoms with E-state index in [-0.39, 0.29) is 30.4 Å². The van der Waals surface area contributed by atoms with Gasteiger partial charge in [-0.3, -0.25) is 9.59 Å². The van der Waals surface area contributed by atoms with E-state index in [2.05, 4.69) is 11.4 Å². The van der Waals surface area contributed by atoms with Gasteiger partial charge in [-0.1, -0.05) is 30.7 Å². The lowest BCUT2D eigenvalue weighted by Gasteiger charge is -2.38. The van der Waals surface area contributed by atoms with Crippen LogP contribution in [0.3, 0.4) is 0 Å². The summed E-state index contributed by atoms with van der Waals surface area (Å²) in [5.41, 5.74) is 1.59. The van der Waals surface area contributed by atoms with Crippen molar-refractivity contribution in [2.45, 2.75) is 38.8 Å². The number of carbonyl (C=O) groups is 2. The van der Waals surface area contributed by atoms with Crippen LogP contribution >= 0.6 is 22.9 Å². The van der Waals surface area contributed by atoms with E-state index in [1.807, 2.05) is 43.0 Å². The molecule has 8 heteroatoms. The van der Waals surface area contributed by atoms with E-state index >= 15 is 0 Å². The molecule has 190 valence electrons. The van der Waals surface area contributed by atoms with Crippen molar-refractivity contribution in [2.24, 2.45) is 0 Å². The fourth-order valence-corrected chi connectivity index (χ4v) is 5.53. The maximum atomic E-state index is 13.7. The molecule has 2 aromatic carbocycles. The Labute approximate surface area is 221 Å². The van der Waals surface area contributed by atoms with Crippen LogP contribution in [0.25, 0.3) is 0 Å². The third-order valence-electron chi connectivity index (χ3n) is 6.63. The van der Waals surface area contributed by atoms with Crippen LogP contribution in [0.1, 0.15) is 47.1 Å². The first kappa shape index (κ1) is 26.0.